The number of nitrogens with zero attached hydrogens (tertiary/aromatic N) is 4. The highest BCUT2D eigenvalue weighted by atomic mass is 35.5. The van der Waals surface area contributed by atoms with Gasteiger partial charge in [0.15, 0.2) is 0 Å². The summed E-state index contributed by atoms with van der Waals surface area (Å²) in [5, 5.41) is 9.20. The summed E-state index contributed by atoms with van der Waals surface area (Å²) in [4.78, 5) is 15.0. The summed E-state index contributed by atoms with van der Waals surface area (Å²) in [6.45, 7) is 4.61. The zero-order valence-corrected chi connectivity index (χ0v) is 23.5. The van der Waals surface area contributed by atoms with E-state index < -0.39 is 5.97 Å². The molecule has 1 saturated carbocycles. The number of hydrogen-bond acceptors (Lipinski definition) is 7. The van der Waals surface area contributed by atoms with E-state index in [4.69, 9.17) is 25.8 Å². The molecule has 39 heavy (non-hydrogen) atoms. The number of anilines is 1. The topological polar surface area (TPSA) is 78.7 Å². The third kappa shape index (κ3) is 6.49. The largest absolute Gasteiger partial charge is 0.497 e. The number of piperidine rings is 1. The van der Waals surface area contributed by atoms with Gasteiger partial charge in [-0.1, -0.05) is 35.0 Å². The maximum atomic E-state index is 12.6. The van der Waals surface area contributed by atoms with E-state index in [0.717, 1.165) is 60.8 Å². The lowest BCUT2D eigenvalue weighted by molar-refractivity contribution is 0.0507. The minimum atomic E-state index is -0.523. The van der Waals surface area contributed by atoms with Gasteiger partial charge in [0.2, 0.25) is 11.6 Å². The van der Waals surface area contributed by atoms with Gasteiger partial charge in [0.1, 0.15) is 11.9 Å². The predicted molar refractivity (Wildman–Crippen MR) is 151 cm³/mol. The monoisotopic (exact) mass is 552 g/mol. The predicted octanol–water partition coefficient (Wildman–Crippen LogP) is 6.26. The molecule has 0 spiro atoms. The Labute approximate surface area is 235 Å². The van der Waals surface area contributed by atoms with Crippen LogP contribution >= 0.6 is 11.6 Å². The van der Waals surface area contributed by atoms with Gasteiger partial charge in [0.05, 0.1) is 31.0 Å². The number of esters is 1. The summed E-state index contributed by atoms with van der Waals surface area (Å²) in [5.41, 5.74) is 3.56. The first-order chi connectivity index (χ1) is 19.1. The van der Waals surface area contributed by atoms with Gasteiger partial charge in [-0.15, -0.1) is 5.10 Å². The van der Waals surface area contributed by atoms with E-state index in [9.17, 15) is 4.79 Å². The van der Waals surface area contributed by atoms with Crippen LogP contribution in [0.1, 0.15) is 79.4 Å². The van der Waals surface area contributed by atoms with E-state index in [-0.39, 0.29) is 18.4 Å². The molecule has 0 radical (unpaired) electrons. The van der Waals surface area contributed by atoms with E-state index in [1.54, 1.807) is 18.7 Å². The summed E-state index contributed by atoms with van der Waals surface area (Å²) >= 11 is 6.75. The molecular formula is C30H37ClN4O4. The van der Waals surface area contributed by atoms with Gasteiger partial charge >= 0.3 is 5.97 Å². The summed E-state index contributed by atoms with van der Waals surface area (Å²) in [6.07, 6.45) is 7.43. The van der Waals surface area contributed by atoms with Crippen LogP contribution in [0.25, 0.3) is 0 Å². The van der Waals surface area contributed by atoms with Gasteiger partial charge in [0.25, 0.3) is 0 Å². The molecule has 1 aromatic heterocycles. The van der Waals surface area contributed by atoms with Crippen LogP contribution in [0.5, 0.6) is 11.6 Å². The van der Waals surface area contributed by atoms with Crippen molar-refractivity contribution in [2.75, 3.05) is 31.7 Å². The number of methoxy groups -OCH3 is 1. The first-order valence-corrected chi connectivity index (χ1v) is 14.4. The van der Waals surface area contributed by atoms with Crippen molar-refractivity contribution in [3.8, 4) is 11.6 Å². The van der Waals surface area contributed by atoms with Crippen molar-refractivity contribution in [1.82, 2.24) is 15.0 Å². The van der Waals surface area contributed by atoms with Crippen molar-refractivity contribution in [1.29, 1.82) is 0 Å². The Bertz CT molecular complexity index is 1250. The minimum absolute atomic E-state index is 0.0364. The zero-order chi connectivity index (χ0) is 27.2. The van der Waals surface area contributed by atoms with Crippen LogP contribution in [-0.4, -0.2) is 53.9 Å². The van der Waals surface area contributed by atoms with Crippen molar-refractivity contribution < 1.29 is 19.0 Å². The molecule has 1 aliphatic heterocycles. The van der Waals surface area contributed by atoms with Crippen LogP contribution in [0.15, 0.2) is 42.5 Å². The van der Waals surface area contributed by atoms with Crippen LogP contribution in [0.3, 0.4) is 0 Å². The normalized spacial score (nSPS) is 19.5. The van der Waals surface area contributed by atoms with Crippen molar-refractivity contribution in [2.24, 2.45) is 0 Å². The Morgan fingerprint density at radius 2 is 1.77 bits per heavy atom. The van der Waals surface area contributed by atoms with Crippen LogP contribution in [0.2, 0.25) is 5.02 Å². The Balaban J connectivity index is 1.26. The fourth-order valence-corrected chi connectivity index (χ4v) is 5.90. The van der Waals surface area contributed by atoms with Gasteiger partial charge in [-0.2, -0.15) is 0 Å². The number of halogens is 1. The molecule has 2 aliphatic rings. The average Bonchev–Trinajstić information content (AvgIpc) is 3.36. The molecule has 3 aromatic rings. The number of benzene rings is 2. The van der Waals surface area contributed by atoms with Crippen LogP contribution < -0.4 is 14.4 Å². The first kappa shape index (κ1) is 27.3. The number of carbonyl (C=O) groups is 1. The average molecular weight is 553 g/mol. The van der Waals surface area contributed by atoms with Crippen molar-refractivity contribution in [3.63, 3.8) is 0 Å². The minimum Gasteiger partial charge on any atom is -0.497 e. The number of hydrogen-bond donors (Lipinski definition) is 0. The lowest BCUT2D eigenvalue weighted by Crippen LogP contribution is -2.29. The van der Waals surface area contributed by atoms with Gasteiger partial charge in [-0.3, -0.25) is 0 Å². The molecule has 0 unspecified atom stereocenters. The Hall–Kier alpha value is -3.26. The van der Waals surface area contributed by atoms with Gasteiger partial charge in [-0.25, -0.2) is 9.48 Å². The molecule has 1 saturated heterocycles. The fraction of sp³-hybridized carbons (Fsp3) is 0.500. The molecule has 0 N–H and O–H groups in total. The van der Waals surface area contributed by atoms with E-state index in [0.29, 0.717) is 18.3 Å². The highest BCUT2D eigenvalue weighted by Gasteiger charge is 2.29. The Kier molecular flexibility index (Phi) is 8.91. The molecule has 8 nitrogen and oxygen atoms in total. The molecule has 0 atom stereocenters. The van der Waals surface area contributed by atoms with E-state index in [1.165, 1.54) is 24.8 Å². The maximum absolute atomic E-state index is 12.6. The molecule has 0 amide bonds. The second-order valence-corrected chi connectivity index (χ2v) is 10.7. The number of ether oxygens (including phenoxy) is 3. The number of carbonyl (C=O) groups excluding carboxylic acids is 1. The van der Waals surface area contributed by atoms with E-state index in [2.05, 4.69) is 33.4 Å². The molecule has 2 aromatic carbocycles. The van der Waals surface area contributed by atoms with E-state index in [1.807, 2.05) is 24.3 Å². The highest BCUT2D eigenvalue weighted by Crippen LogP contribution is 2.38. The smallest absolute Gasteiger partial charge is 0.364 e. The first-order valence-electron chi connectivity index (χ1n) is 14.0. The van der Waals surface area contributed by atoms with Gasteiger partial charge < -0.3 is 19.1 Å². The van der Waals surface area contributed by atoms with Crippen LogP contribution in [0, 0.1) is 0 Å². The molecule has 0 bridgehead atoms. The second-order valence-electron chi connectivity index (χ2n) is 10.3. The van der Waals surface area contributed by atoms with Gasteiger partial charge in [0, 0.05) is 13.1 Å². The maximum Gasteiger partial charge on any atom is 0.364 e. The van der Waals surface area contributed by atoms with Crippen LogP contribution in [0.4, 0.5) is 5.69 Å². The molecule has 1 aliphatic carbocycles. The third-order valence-electron chi connectivity index (χ3n) is 7.74. The Morgan fingerprint density at radius 3 is 2.44 bits per heavy atom. The Morgan fingerprint density at radius 1 is 1.03 bits per heavy atom. The molecular weight excluding hydrogens is 516 g/mol. The summed E-state index contributed by atoms with van der Waals surface area (Å²) in [6, 6.07) is 14.3. The molecule has 208 valence electrons. The highest BCUT2D eigenvalue weighted by molar-refractivity contribution is 6.33. The van der Waals surface area contributed by atoms with Gasteiger partial charge in [-0.05, 0) is 93.2 Å². The van der Waals surface area contributed by atoms with Crippen molar-refractivity contribution in [3.05, 3.63) is 64.3 Å². The SMILES string of the molecule is CCOC(=O)c1nnn(Cc2ccc(OC)cc2)c1O[C@H]1CC[C@H](c2ccc(N3CCCCC3)c(Cl)c2)CC1. The van der Waals surface area contributed by atoms with Crippen molar-refractivity contribution in [2.45, 2.75) is 70.4 Å². The van der Waals surface area contributed by atoms with Crippen LogP contribution in [-0.2, 0) is 11.3 Å². The lowest BCUT2D eigenvalue weighted by Gasteiger charge is -2.31. The summed E-state index contributed by atoms with van der Waals surface area (Å²) < 4.78 is 18.5. The molecule has 2 heterocycles. The summed E-state index contributed by atoms with van der Waals surface area (Å²) in [7, 11) is 1.64. The lowest BCUT2D eigenvalue weighted by atomic mass is 9.82. The zero-order valence-electron chi connectivity index (χ0n) is 22.8. The number of rotatable bonds is 9. The second kappa shape index (κ2) is 12.7. The van der Waals surface area contributed by atoms with Crippen molar-refractivity contribution >= 4 is 23.3 Å². The standard InChI is InChI=1S/C30H37ClN4O4/c1-3-38-30(36)28-29(35(33-32-28)20-21-7-12-24(37-2)13-8-21)39-25-14-9-22(10-15-25)23-11-16-27(26(31)19-23)34-17-5-4-6-18-34/h7-8,11-13,16,19,22,25H,3-6,9-10,14-15,17-18,20H2,1-2H3/t22-,25-. The fourth-order valence-electron chi connectivity index (χ4n) is 5.60. The number of aromatic nitrogens is 3. The molecule has 9 heteroatoms. The quantitative estimate of drug-likeness (QED) is 0.290. The third-order valence-corrected chi connectivity index (χ3v) is 8.05. The van der Waals surface area contributed by atoms with E-state index >= 15 is 0 Å². The summed E-state index contributed by atoms with van der Waals surface area (Å²) in [5.74, 6) is 1.05. The molecule has 5 rings (SSSR count). The molecule has 2 fully saturated rings.